The highest BCUT2D eigenvalue weighted by molar-refractivity contribution is 6.02. The average Bonchev–Trinajstić information content (AvgIpc) is 3.52. The molecule has 1 aliphatic heterocycles. The molecule has 6 rings (SSSR count). The number of pyridine rings is 2. The smallest absolute Gasteiger partial charge is 0.241 e. The van der Waals surface area contributed by atoms with E-state index in [-0.39, 0.29) is 11.9 Å². The number of amides is 1. The molecule has 1 aliphatic rings. The summed E-state index contributed by atoms with van der Waals surface area (Å²) >= 11 is 0. The zero-order chi connectivity index (χ0) is 25.7. The molecule has 4 heterocycles. The Labute approximate surface area is 220 Å². The van der Waals surface area contributed by atoms with Gasteiger partial charge in [-0.3, -0.25) is 14.8 Å². The highest BCUT2D eigenvalue weighted by atomic mass is 16.2. The molecule has 0 radical (unpaired) electrons. The van der Waals surface area contributed by atoms with Crippen LogP contribution in [0.25, 0.3) is 33.4 Å². The SMILES string of the molecule is O=C(Nc1cncc(-c2nc(NCc3ccccn3)c3c(-c4ccccc4)cccc3n2)c1)C1CCCN1. The first-order chi connectivity index (χ1) is 18.7. The van der Waals surface area contributed by atoms with Crippen LogP contribution in [-0.4, -0.2) is 38.4 Å². The van der Waals surface area contributed by atoms with E-state index in [0.29, 0.717) is 23.9 Å². The molecule has 38 heavy (non-hydrogen) atoms. The standard InChI is InChI=1S/C30H27N7O/c38-30(26-13-7-15-33-26)35-23-16-21(17-31-18-23)28-36-25-12-6-11-24(20-8-2-1-3-9-20)27(25)29(37-28)34-19-22-10-4-5-14-32-22/h1-6,8-12,14,16-18,26,33H,7,13,15,19H2,(H,35,38)(H,34,36,37). The van der Waals surface area contributed by atoms with Crippen LogP contribution in [0.1, 0.15) is 18.5 Å². The summed E-state index contributed by atoms with van der Waals surface area (Å²) in [5.41, 5.74) is 5.18. The molecule has 188 valence electrons. The summed E-state index contributed by atoms with van der Waals surface area (Å²) in [6, 6.07) is 23.8. The van der Waals surface area contributed by atoms with Crippen LogP contribution in [0.2, 0.25) is 0 Å². The van der Waals surface area contributed by atoms with Crippen molar-refractivity contribution < 1.29 is 4.79 Å². The zero-order valence-corrected chi connectivity index (χ0v) is 20.8. The summed E-state index contributed by atoms with van der Waals surface area (Å²) in [7, 11) is 0. The van der Waals surface area contributed by atoms with Gasteiger partial charge in [-0.05, 0) is 54.8 Å². The van der Waals surface area contributed by atoms with Gasteiger partial charge in [0.25, 0.3) is 0 Å². The molecule has 8 heteroatoms. The van der Waals surface area contributed by atoms with Crippen molar-refractivity contribution >= 4 is 28.3 Å². The maximum atomic E-state index is 12.6. The predicted octanol–water partition coefficient (Wildman–Crippen LogP) is 5.06. The monoisotopic (exact) mass is 501 g/mol. The van der Waals surface area contributed by atoms with Gasteiger partial charge in [0.2, 0.25) is 5.91 Å². The summed E-state index contributed by atoms with van der Waals surface area (Å²) in [4.78, 5) is 31.3. The number of carbonyl (C=O) groups excluding carboxylic acids is 1. The number of hydrogen-bond donors (Lipinski definition) is 3. The molecule has 8 nitrogen and oxygen atoms in total. The molecular weight excluding hydrogens is 474 g/mol. The molecule has 1 unspecified atom stereocenters. The third-order valence-electron chi connectivity index (χ3n) is 6.61. The summed E-state index contributed by atoms with van der Waals surface area (Å²) in [6.07, 6.45) is 6.98. The van der Waals surface area contributed by atoms with Crippen molar-refractivity contribution in [2.45, 2.75) is 25.4 Å². The van der Waals surface area contributed by atoms with Gasteiger partial charge in [0.05, 0.1) is 41.1 Å². The number of fused-ring (bicyclic) bond motifs is 1. The van der Waals surface area contributed by atoms with Gasteiger partial charge in [0, 0.05) is 18.0 Å². The van der Waals surface area contributed by atoms with Gasteiger partial charge in [-0.25, -0.2) is 9.97 Å². The predicted molar refractivity (Wildman–Crippen MR) is 149 cm³/mol. The van der Waals surface area contributed by atoms with E-state index in [1.165, 1.54) is 0 Å². The fraction of sp³-hybridized carbons (Fsp3) is 0.167. The minimum Gasteiger partial charge on any atom is -0.364 e. The number of rotatable bonds is 7. The van der Waals surface area contributed by atoms with Gasteiger partial charge in [-0.1, -0.05) is 48.5 Å². The lowest BCUT2D eigenvalue weighted by atomic mass is 10.0. The number of nitrogens with zero attached hydrogens (tertiary/aromatic N) is 4. The quantitative estimate of drug-likeness (QED) is 0.286. The molecule has 0 aliphatic carbocycles. The maximum absolute atomic E-state index is 12.6. The van der Waals surface area contributed by atoms with Gasteiger partial charge < -0.3 is 16.0 Å². The minimum atomic E-state index is -0.172. The Morgan fingerprint density at radius 2 is 1.84 bits per heavy atom. The molecule has 0 saturated carbocycles. The molecule has 1 atom stereocenters. The Morgan fingerprint density at radius 3 is 2.66 bits per heavy atom. The van der Waals surface area contributed by atoms with Crippen LogP contribution in [0.5, 0.6) is 0 Å². The van der Waals surface area contributed by atoms with Gasteiger partial charge in [0.15, 0.2) is 5.82 Å². The van der Waals surface area contributed by atoms with Crippen molar-refractivity contribution in [2.24, 2.45) is 0 Å². The molecule has 1 saturated heterocycles. The van der Waals surface area contributed by atoms with Crippen LogP contribution in [0.15, 0.2) is 91.4 Å². The van der Waals surface area contributed by atoms with Crippen LogP contribution in [0.3, 0.4) is 0 Å². The van der Waals surface area contributed by atoms with E-state index in [0.717, 1.165) is 52.7 Å². The number of benzene rings is 2. The van der Waals surface area contributed by atoms with Crippen LogP contribution < -0.4 is 16.0 Å². The Morgan fingerprint density at radius 1 is 0.947 bits per heavy atom. The molecule has 0 spiro atoms. The first-order valence-corrected chi connectivity index (χ1v) is 12.7. The van der Waals surface area contributed by atoms with Crippen molar-refractivity contribution in [3.8, 4) is 22.5 Å². The second-order valence-electron chi connectivity index (χ2n) is 9.24. The van der Waals surface area contributed by atoms with E-state index < -0.39 is 0 Å². The van der Waals surface area contributed by atoms with Crippen LogP contribution in [0, 0.1) is 0 Å². The van der Waals surface area contributed by atoms with Crippen molar-refractivity contribution in [1.82, 2.24) is 25.3 Å². The van der Waals surface area contributed by atoms with Crippen LogP contribution >= 0.6 is 0 Å². The zero-order valence-electron chi connectivity index (χ0n) is 20.8. The van der Waals surface area contributed by atoms with E-state index in [9.17, 15) is 4.79 Å². The Hall–Kier alpha value is -4.69. The second-order valence-corrected chi connectivity index (χ2v) is 9.24. The van der Waals surface area contributed by atoms with E-state index in [1.54, 1.807) is 18.6 Å². The normalized spacial score (nSPS) is 14.9. The van der Waals surface area contributed by atoms with Crippen molar-refractivity contribution in [1.29, 1.82) is 0 Å². The first kappa shape index (κ1) is 23.7. The number of aromatic nitrogens is 4. The van der Waals surface area contributed by atoms with Crippen molar-refractivity contribution in [2.75, 3.05) is 17.2 Å². The highest BCUT2D eigenvalue weighted by Crippen LogP contribution is 2.34. The molecular formula is C30H27N7O. The molecule has 0 bridgehead atoms. The van der Waals surface area contributed by atoms with Gasteiger partial charge in [-0.15, -0.1) is 0 Å². The topological polar surface area (TPSA) is 105 Å². The number of hydrogen-bond acceptors (Lipinski definition) is 7. The summed E-state index contributed by atoms with van der Waals surface area (Å²) in [6.45, 7) is 1.37. The van der Waals surface area contributed by atoms with Crippen LogP contribution in [0.4, 0.5) is 11.5 Å². The Kier molecular flexibility index (Phi) is 6.70. The van der Waals surface area contributed by atoms with Gasteiger partial charge >= 0.3 is 0 Å². The highest BCUT2D eigenvalue weighted by Gasteiger charge is 2.22. The van der Waals surface area contributed by atoms with Crippen molar-refractivity contribution in [3.63, 3.8) is 0 Å². The second kappa shape index (κ2) is 10.7. The maximum Gasteiger partial charge on any atom is 0.241 e. The number of nitrogens with one attached hydrogen (secondary N) is 3. The fourth-order valence-electron chi connectivity index (χ4n) is 4.74. The number of carbonyl (C=O) groups is 1. The lowest BCUT2D eigenvalue weighted by Gasteiger charge is -2.15. The van der Waals surface area contributed by atoms with Gasteiger partial charge in [-0.2, -0.15) is 0 Å². The Bertz CT molecular complexity index is 1570. The fourth-order valence-corrected chi connectivity index (χ4v) is 4.74. The van der Waals surface area contributed by atoms with E-state index in [1.807, 2.05) is 54.6 Å². The third-order valence-corrected chi connectivity index (χ3v) is 6.61. The lowest BCUT2D eigenvalue weighted by molar-refractivity contribution is -0.117. The number of anilines is 2. The minimum absolute atomic E-state index is 0.0499. The van der Waals surface area contributed by atoms with Crippen LogP contribution in [-0.2, 0) is 11.3 Å². The average molecular weight is 502 g/mol. The van der Waals surface area contributed by atoms with E-state index in [4.69, 9.17) is 9.97 Å². The third kappa shape index (κ3) is 5.07. The summed E-state index contributed by atoms with van der Waals surface area (Å²) < 4.78 is 0. The van der Waals surface area contributed by atoms with E-state index in [2.05, 4.69) is 44.1 Å². The molecule has 3 N–H and O–H groups in total. The summed E-state index contributed by atoms with van der Waals surface area (Å²) in [5, 5.41) is 10.6. The van der Waals surface area contributed by atoms with Gasteiger partial charge in [0.1, 0.15) is 5.82 Å². The Balaban J connectivity index is 1.40. The van der Waals surface area contributed by atoms with E-state index >= 15 is 0 Å². The molecule has 5 aromatic rings. The molecule has 3 aromatic heterocycles. The summed E-state index contributed by atoms with van der Waals surface area (Å²) in [5.74, 6) is 1.18. The largest absolute Gasteiger partial charge is 0.364 e. The first-order valence-electron chi connectivity index (χ1n) is 12.7. The molecule has 1 fully saturated rings. The molecule has 1 amide bonds. The van der Waals surface area contributed by atoms with Crippen molar-refractivity contribution in [3.05, 3.63) is 97.1 Å². The lowest BCUT2D eigenvalue weighted by Crippen LogP contribution is -2.35. The molecule has 2 aromatic carbocycles.